The van der Waals surface area contributed by atoms with Gasteiger partial charge in [0.2, 0.25) is 5.82 Å². The summed E-state index contributed by atoms with van der Waals surface area (Å²) in [6.07, 6.45) is 0. The first-order chi connectivity index (χ1) is 9.49. The summed E-state index contributed by atoms with van der Waals surface area (Å²) in [4.78, 5) is 10.8. The summed E-state index contributed by atoms with van der Waals surface area (Å²) < 4.78 is 11.7. The van der Waals surface area contributed by atoms with Crippen molar-refractivity contribution in [2.75, 3.05) is 38.8 Å². The third-order valence-electron chi connectivity index (χ3n) is 2.75. The maximum absolute atomic E-state index is 11.2. The molecule has 0 atom stereocenters. The van der Waals surface area contributed by atoms with Crippen molar-refractivity contribution in [3.63, 3.8) is 0 Å². The fraction of sp³-hybridized carbons (Fsp3) is 0.750. The van der Waals surface area contributed by atoms with E-state index in [4.69, 9.17) is 9.47 Å². The number of nitrogens with zero attached hydrogens (tertiary/aromatic N) is 3. The second kappa shape index (κ2) is 7.81. The number of ether oxygens (including phenoxy) is 2. The molecule has 0 aromatic carbocycles. The zero-order valence-electron chi connectivity index (χ0n) is 12.4. The van der Waals surface area contributed by atoms with Crippen LogP contribution in [0, 0.1) is 10.1 Å². The minimum absolute atomic E-state index is 0.00453. The van der Waals surface area contributed by atoms with Crippen LogP contribution < -0.4 is 5.32 Å². The lowest BCUT2D eigenvalue weighted by Crippen LogP contribution is -2.14. The Labute approximate surface area is 118 Å². The highest BCUT2D eigenvalue weighted by atomic mass is 16.6. The maximum atomic E-state index is 11.2. The number of aromatic nitrogens is 2. The van der Waals surface area contributed by atoms with Gasteiger partial charge in [-0.2, -0.15) is 5.10 Å². The monoisotopic (exact) mass is 286 g/mol. The molecule has 1 aromatic heterocycles. The van der Waals surface area contributed by atoms with Gasteiger partial charge in [-0.1, -0.05) is 13.8 Å². The normalized spacial score (nSPS) is 11.1. The van der Waals surface area contributed by atoms with Crippen molar-refractivity contribution in [1.29, 1.82) is 0 Å². The number of rotatable bonds is 9. The fourth-order valence-electron chi connectivity index (χ4n) is 1.79. The van der Waals surface area contributed by atoms with Crippen molar-refractivity contribution in [3.05, 3.63) is 15.8 Å². The summed E-state index contributed by atoms with van der Waals surface area (Å²) in [6.45, 7) is 5.72. The highest BCUT2D eigenvalue weighted by molar-refractivity contribution is 5.60. The number of nitrogens with one attached hydrogen (secondary N) is 1. The van der Waals surface area contributed by atoms with Crippen molar-refractivity contribution in [1.82, 2.24) is 9.78 Å². The first-order valence-corrected chi connectivity index (χ1v) is 6.50. The molecule has 114 valence electrons. The van der Waals surface area contributed by atoms with E-state index in [2.05, 4.69) is 10.4 Å². The Morgan fingerprint density at radius 3 is 2.65 bits per heavy atom. The third-order valence-corrected chi connectivity index (χ3v) is 2.75. The smallest absolute Gasteiger partial charge is 0.334 e. The van der Waals surface area contributed by atoms with E-state index in [-0.39, 0.29) is 11.6 Å². The van der Waals surface area contributed by atoms with Crippen molar-refractivity contribution in [2.45, 2.75) is 19.8 Å². The SMILES string of the molecule is COCCOCCNc1c([N+](=O)[O-])c(C(C)C)nn1C. The van der Waals surface area contributed by atoms with Crippen LogP contribution >= 0.6 is 0 Å². The number of hydrogen-bond donors (Lipinski definition) is 1. The number of hydrogen-bond acceptors (Lipinski definition) is 6. The van der Waals surface area contributed by atoms with Gasteiger partial charge in [-0.25, -0.2) is 4.68 Å². The Hall–Kier alpha value is -1.67. The summed E-state index contributed by atoms with van der Waals surface area (Å²) in [5, 5.41) is 18.4. The summed E-state index contributed by atoms with van der Waals surface area (Å²) >= 11 is 0. The molecule has 1 rings (SSSR count). The molecule has 0 aliphatic rings. The second-order valence-electron chi connectivity index (χ2n) is 4.65. The minimum atomic E-state index is -0.392. The molecule has 8 heteroatoms. The summed E-state index contributed by atoms with van der Waals surface area (Å²) in [5.41, 5.74) is 0.527. The fourth-order valence-corrected chi connectivity index (χ4v) is 1.79. The molecule has 20 heavy (non-hydrogen) atoms. The standard InChI is InChI=1S/C12H22N4O4/c1-9(2)10-11(16(17)18)12(15(3)14-10)13-5-6-20-8-7-19-4/h9,13H,5-8H2,1-4H3. The molecule has 0 unspecified atom stereocenters. The van der Waals surface area contributed by atoms with Crippen LogP contribution in [0.25, 0.3) is 0 Å². The van der Waals surface area contributed by atoms with E-state index < -0.39 is 4.92 Å². The molecule has 0 aliphatic heterocycles. The predicted molar refractivity (Wildman–Crippen MR) is 75.1 cm³/mol. The lowest BCUT2D eigenvalue weighted by Gasteiger charge is -2.07. The highest BCUT2D eigenvalue weighted by Crippen LogP contribution is 2.32. The van der Waals surface area contributed by atoms with Crippen LogP contribution in [0.15, 0.2) is 0 Å². The molecular formula is C12H22N4O4. The Kier molecular flexibility index (Phi) is 6.40. The van der Waals surface area contributed by atoms with Gasteiger partial charge in [0.15, 0.2) is 0 Å². The Bertz CT molecular complexity index is 445. The molecule has 0 fully saturated rings. The van der Waals surface area contributed by atoms with Gasteiger partial charge in [-0.15, -0.1) is 0 Å². The van der Waals surface area contributed by atoms with Crippen LogP contribution in [0.5, 0.6) is 0 Å². The highest BCUT2D eigenvalue weighted by Gasteiger charge is 2.28. The van der Waals surface area contributed by atoms with Crippen LogP contribution in [0.3, 0.4) is 0 Å². The molecule has 0 saturated heterocycles. The molecule has 8 nitrogen and oxygen atoms in total. The molecule has 0 amide bonds. The third kappa shape index (κ3) is 4.17. The van der Waals surface area contributed by atoms with Gasteiger partial charge < -0.3 is 14.8 Å². The average Bonchev–Trinajstić information content (AvgIpc) is 2.71. The van der Waals surface area contributed by atoms with Gasteiger partial charge in [0.1, 0.15) is 5.69 Å². The number of nitro groups is 1. The Morgan fingerprint density at radius 1 is 1.40 bits per heavy atom. The molecule has 1 N–H and O–H groups in total. The van der Waals surface area contributed by atoms with E-state index in [1.54, 1.807) is 14.2 Å². The van der Waals surface area contributed by atoms with Crippen molar-refractivity contribution >= 4 is 11.5 Å². The lowest BCUT2D eigenvalue weighted by atomic mass is 10.1. The van der Waals surface area contributed by atoms with Gasteiger partial charge in [0.05, 0.1) is 24.7 Å². The van der Waals surface area contributed by atoms with E-state index in [9.17, 15) is 10.1 Å². The molecule has 0 spiro atoms. The summed E-state index contributed by atoms with van der Waals surface area (Å²) in [5.74, 6) is 0.407. The largest absolute Gasteiger partial charge is 0.382 e. The van der Waals surface area contributed by atoms with Crippen molar-refractivity contribution in [2.24, 2.45) is 7.05 Å². The quantitative estimate of drug-likeness (QED) is 0.420. The second-order valence-corrected chi connectivity index (χ2v) is 4.65. The molecule has 0 bridgehead atoms. The molecule has 1 heterocycles. The Morgan fingerprint density at radius 2 is 2.10 bits per heavy atom. The zero-order chi connectivity index (χ0) is 15.1. The first kappa shape index (κ1) is 16.4. The van der Waals surface area contributed by atoms with Crippen LogP contribution in [-0.2, 0) is 16.5 Å². The van der Waals surface area contributed by atoms with Gasteiger partial charge in [-0.3, -0.25) is 10.1 Å². The lowest BCUT2D eigenvalue weighted by molar-refractivity contribution is -0.384. The van der Waals surface area contributed by atoms with Crippen LogP contribution in [0.1, 0.15) is 25.5 Å². The number of anilines is 1. The topological polar surface area (TPSA) is 91.4 Å². The van der Waals surface area contributed by atoms with Gasteiger partial charge >= 0.3 is 5.69 Å². The maximum Gasteiger partial charge on any atom is 0.334 e. The van der Waals surface area contributed by atoms with E-state index in [0.29, 0.717) is 37.9 Å². The first-order valence-electron chi connectivity index (χ1n) is 6.50. The molecular weight excluding hydrogens is 264 g/mol. The molecule has 0 saturated carbocycles. The van der Waals surface area contributed by atoms with E-state index in [1.165, 1.54) is 4.68 Å². The molecule has 0 radical (unpaired) electrons. The molecule has 1 aromatic rings. The van der Waals surface area contributed by atoms with E-state index in [1.807, 2.05) is 13.8 Å². The van der Waals surface area contributed by atoms with Gasteiger partial charge in [0, 0.05) is 26.6 Å². The van der Waals surface area contributed by atoms with Crippen molar-refractivity contribution in [3.8, 4) is 0 Å². The Balaban J connectivity index is 2.67. The molecule has 0 aliphatic carbocycles. The summed E-state index contributed by atoms with van der Waals surface area (Å²) in [6, 6.07) is 0. The number of aryl methyl sites for hydroxylation is 1. The minimum Gasteiger partial charge on any atom is -0.382 e. The average molecular weight is 286 g/mol. The van der Waals surface area contributed by atoms with Crippen LogP contribution in [0.2, 0.25) is 0 Å². The van der Waals surface area contributed by atoms with Gasteiger partial charge in [-0.05, 0) is 0 Å². The predicted octanol–water partition coefficient (Wildman–Crippen LogP) is 1.53. The van der Waals surface area contributed by atoms with Crippen LogP contribution in [-0.4, -0.2) is 48.2 Å². The number of methoxy groups -OCH3 is 1. The van der Waals surface area contributed by atoms with Gasteiger partial charge in [0.25, 0.3) is 0 Å². The summed E-state index contributed by atoms with van der Waals surface area (Å²) in [7, 11) is 3.29. The van der Waals surface area contributed by atoms with E-state index >= 15 is 0 Å². The van der Waals surface area contributed by atoms with Crippen LogP contribution in [0.4, 0.5) is 11.5 Å². The van der Waals surface area contributed by atoms with E-state index in [0.717, 1.165) is 0 Å². The van der Waals surface area contributed by atoms with Crippen molar-refractivity contribution < 1.29 is 14.4 Å². The zero-order valence-corrected chi connectivity index (χ0v) is 12.4.